The summed E-state index contributed by atoms with van der Waals surface area (Å²) in [7, 11) is 1.58. The molecule has 31 heavy (non-hydrogen) atoms. The third-order valence-electron chi connectivity index (χ3n) is 5.31. The largest absolute Gasteiger partial charge is 0.495 e. The van der Waals surface area contributed by atoms with Crippen molar-refractivity contribution in [1.29, 1.82) is 0 Å². The van der Waals surface area contributed by atoms with E-state index in [1.54, 1.807) is 19.2 Å². The molecular weight excluding hydrogens is 390 g/mol. The summed E-state index contributed by atoms with van der Waals surface area (Å²) in [4.78, 5) is 20.1. The van der Waals surface area contributed by atoms with Crippen LogP contribution in [0.2, 0.25) is 0 Å². The van der Waals surface area contributed by atoms with E-state index in [0.29, 0.717) is 18.0 Å². The Morgan fingerprint density at radius 1 is 1.00 bits per heavy atom. The normalized spacial score (nSPS) is 11.0. The summed E-state index contributed by atoms with van der Waals surface area (Å²) in [6.45, 7) is 0.706. The molecule has 0 aliphatic heterocycles. The van der Waals surface area contributed by atoms with E-state index in [-0.39, 0.29) is 6.03 Å². The number of nitrogens with one attached hydrogen (secondary N) is 3. The van der Waals surface area contributed by atoms with Gasteiger partial charge < -0.3 is 24.9 Å². The fraction of sp³-hybridized carbons (Fsp3) is 0.0833. The lowest BCUT2D eigenvalue weighted by Gasteiger charge is -2.12. The second-order valence-electron chi connectivity index (χ2n) is 7.17. The molecule has 0 bridgehead atoms. The lowest BCUT2D eigenvalue weighted by molar-refractivity contribution is 0.262. The highest BCUT2D eigenvalue weighted by Gasteiger charge is 2.12. The minimum atomic E-state index is -0.326. The average molecular weight is 411 g/mol. The Labute approximate surface area is 178 Å². The van der Waals surface area contributed by atoms with E-state index in [0.717, 1.165) is 27.6 Å². The molecule has 5 rings (SSSR count). The number of para-hydroxylation sites is 2. The number of hydrogen-bond acceptors (Lipinski definition) is 3. The first-order valence-electron chi connectivity index (χ1n) is 9.93. The van der Waals surface area contributed by atoms with Gasteiger partial charge in [0.25, 0.3) is 0 Å². The molecule has 3 aromatic heterocycles. The van der Waals surface area contributed by atoms with Crippen LogP contribution in [0.25, 0.3) is 21.9 Å². The van der Waals surface area contributed by atoms with Crippen molar-refractivity contribution in [3.63, 3.8) is 0 Å². The number of aromatic nitrogens is 3. The molecule has 0 radical (unpaired) electrons. The summed E-state index contributed by atoms with van der Waals surface area (Å²) in [5.74, 6) is 0.607. The predicted molar refractivity (Wildman–Crippen MR) is 123 cm³/mol. The molecular formula is C24H21N5O2. The second kappa shape index (κ2) is 7.87. The van der Waals surface area contributed by atoms with Crippen LogP contribution < -0.4 is 15.4 Å². The first-order valence-corrected chi connectivity index (χ1v) is 9.93. The van der Waals surface area contributed by atoms with Crippen molar-refractivity contribution in [2.75, 3.05) is 17.7 Å². The number of ether oxygens (including phenoxy) is 1. The quantitative estimate of drug-likeness (QED) is 0.371. The highest BCUT2D eigenvalue weighted by Crippen LogP contribution is 2.27. The van der Waals surface area contributed by atoms with Gasteiger partial charge in [0, 0.05) is 35.9 Å². The van der Waals surface area contributed by atoms with Crippen molar-refractivity contribution in [3.8, 4) is 5.75 Å². The van der Waals surface area contributed by atoms with Gasteiger partial charge in [0.05, 0.1) is 24.0 Å². The van der Waals surface area contributed by atoms with Crippen molar-refractivity contribution < 1.29 is 9.53 Å². The molecule has 7 heteroatoms. The van der Waals surface area contributed by atoms with Gasteiger partial charge in [-0.3, -0.25) is 0 Å². The molecule has 0 aliphatic carbocycles. The van der Waals surface area contributed by atoms with Gasteiger partial charge in [0.2, 0.25) is 0 Å². The molecule has 0 saturated carbocycles. The molecule has 154 valence electrons. The third kappa shape index (κ3) is 3.57. The molecule has 0 fully saturated rings. The Balaban J connectivity index is 1.40. The molecule has 0 unspecified atom stereocenters. The molecule has 2 aromatic carbocycles. The monoisotopic (exact) mass is 411 g/mol. The molecule has 0 aliphatic rings. The Kier molecular flexibility index (Phi) is 4.76. The molecule has 3 heterocycles. The number of urea groups is 1. The third-order valence-corrected chi connectivity index (χ3v) is 5.31. The number of pyridine rings is 1. The maximum Gasteiger partial charge on any atom is 0.323 e. The number of nitrogens with zero attached hydrogens (tertiary/aromatic N) is 2. The van der Waals surface area contributed by atoms with Crippen molar-refractivity contribution in [2.24, 2.45) is 0 Å². The molecule has 2 amide bonds. The van der Waals surface area contributed by atoms with Gasteiger partial charge in [-0.05, 0) is 48.0 Å². The molecule has 5 aromatic rings. The second-order valence-corrected chi connectivity index (χ2v) is 7.17. The molecule has 0 spiro atoms. The number of rotatable bonds is 5. The smallest absolute Gasteiger partial charge is 0.323 e. The lowest BCUT2D eigenvalue weighted by Crippen LogP contribution is -2.19. The maximum absolute atomic E-state index is 12.6. The number of hydrogen-bond donors (Lipinski definition) is 3. The van der Waals surface area contributed by atoms with Crippen LogP contribution in [0.15, 0.2) is 79.3 Å². The first kappa shape index (κ1) is 18.7. The molecule has 3 N–H and O–H groups in total. The number of amides is 2. The van der Waals surface area contributed by atoms with Gasteiger partial charge in [0.15, 0.2) is 0 Å². The predicted octanol–water partition coefficient (Wildman–Crippen LogP) is 5.22. The van der Waals surface area contributed by atoms with Crippen molar-refractivity contribution in [3.05, 3.63) is 84.8 Å². The summed E-state index contributed by atoms with van der Waals surface area (Å²) in [6.07, 6.45) is 5.75. The number of methoxy groups -OCH3 is 1. The van der Waals surface area contributed by atoms with Gasteiger partial charge in [-0.1, -0.05) is 18.2 Å². The Bertz CT molecular complexity index is 1390. The Hall–Kier alpha value is -4.26. The van der Waals surface area contributed by atoms with E-state index < -0.39 is 0 Å². The lowest BCUT2D eigenvalue weighted by atomic mass is 10.2. The number of aromatic amines is 1. The Morgan fingerprint density at radius 2 is 1.84 bits per heavy atom. The fourth-order valence-corrected chi connectivity index (χ4v) is 3.83. The van der Waals surface area contributed by atoms with Crippen LogP contribution in [0, 0.1) is 0 Å². The maximum atomic E-state index is 12.6. The summed E-state index contributed by atoms with van der Waals surface area (Å²) in [5.41, 5.74) is 4.45. The van der Waals surface area contributed by atoms with Crippen molar-refractivity contribution >= 4 is 39.3 Å². The number of fused-ring (bicyclic) bond motifs is 2. The Morgan fingerprint density at radius 3 is 2.74 bits per heavy atom. The number of carbonyl (C=O) groups excluding carboxylic acids is 1. The summed E-state index contributed by atoms with van der Waals surface area (Å²) in [6, 6.07) is 19.0. The van der Waals surface area contributed by atoms with Crippen LogP contribution in [-0.2, 0) is 6.54 Å². The van der Waals surface area contributed by atoms with Gasteiger partial charge in [0.1, 0.15) is 11.4 Å². The summed E-state index contributed by atoms with van der Waals surface area (Å²) >= 11 is 0. The average Bonchev–Trinajstić information content (AvgIpc) is 3.43. The zero-order chi connectivity index (χ0) is 21.2. The van der Waals surface area contributed by atoms with E-state index in [9.17, 15) is 4.79 Å². The van der Waals surface area contributed by atoms with Crippen molar-refractivity contribution in [2.45, 2.75) is 6.54 Å². The van der Waals surface area contributed by atoms with E-state index >= 15 is 0 Å². The highest BCUT2D eigenvalue weighted by atomic mass is 16.5. The SMILES string of the molecule is COc1ccccc1NC(=O)Nc1cccc2c1ccn2Cc1ccnc2[nH]ccc12. The number of benzene rings is 2. The van der Waals surface area contributed by atoms with Gasteiger partial charge in [-0.2, -0.15) is 0 Å². The minimum absolute atomic E-state index is 0.326. The van der Waals surface area contributed by atoms with Gasteiger partial charge in [-0.25, -0.2) is 9.78 Å². The molecule has 7 nitrogen and oxygen atoms in total. The summed E-state index contributed by atoms with van der Waals surface area (Å²) in [5, 5.41) is 7.88. The zero-order valence-electron chi connectivity index (χ0n) is 16.9. The molecule has 0 saturated heterocycles. The highest BCUT2D eigenvalue weighted by molar-refractivity contribution is 6.06. The molecule has 0 atom stereocenters. The standard InChI is InChI=1S/C24H21N5O2/c1-31-22-8-3-2-5-20(22)28-24(30)27-19-6-4-7-21-18(19)11-14-29(21)15-16-9-12-25-23-17(16)10-13-26-23/h2-14H,15H2,1H3,(H,25,26)(H2,27,28,30). The fourth-order valence-electron chi connectivity index (χ4n) is 3.83. The van der Waals surface area contributed by atoms with Crippen LogP contribution in [0.1, 0.15) is 5.56 Å². The van der Waals surface area contributed by atoms with Crippen LogP contribution in [0.4, 0.5) is 16.2 Å². The number of H-pyrrole nitrogens is 1. The van der Waals surface area contributed by atoms with Crippen LogP contribution in [-0.4, -0.2) is 27.7 Å². The van der Waals surface area contributed by atoms with E-state index in [1.165, 1.54) is 5.56 Å². The van der Waals surface area contributed by atoms with Crippen molar-refractivity contribution in [1.82, 2.24) is 14.5 Å². The van der Waals surface area contributed by atoms with Crippen LogP contribution >= 0.6 is 0 Å². The van der Waals surface area contributed by atoms with E-state index in [1.807, 2.05) is 67.1 Å². The van der Waals surface area contributed by atoms with E-state index in [2.05, 4.69) is 25.2 Å². The van der Waals surface area contributed by atoms with E-state index in [4.69, 9.17) is 4.74 Å². The minimum Gasteiger partial charge on any atom is -0.495 e. The summed E-state index contributed by atoms with van der Waals surface area (Å²) < 4.78 is 7.47. The first-order chi connectivity index (χ1) is 15.2. The number of carbonyl (C=O) groups is 1. The zero-order valence-corrected chi connectivity index (χ0v) is 16.9. The van der Waals surface area contributed by atoms with Crippen LogP contribution in [0.3, 0.4) is 0 Å². The number of anilines is 2. The van der Waals surface area contributed by atoms with Gasteiger partial charge >= 0.3 is 6.03 Å². The van der Waals surface area contributed by atoms with Gasteiger partial charge in [-0.15, -0.1) is 0 Å². The van der Waals surface area contributed by atoms with Crippen LogP contribution in [0.5, 0.6) is 5.75 Å². The topological polar surface area (TPSA) is 84.0 Å².